The monoisotopic (exact) mass is 388 g/mol. The van der Waals surface area contributed by atoms with Gasteiger partial charge >= 0.3 is 5.97 Å². The van der Waals surface area contributed by atoms with Crippen molar-refractivity contribution in [2.75, 3.05) is 34.4 Å². The van der Waals surface area contributed by atoms with E-state index in [-0.39, 0.29) is 24.2 Å². The molecule has 1 heterocycles. The van der Waals surface area contributed by atoms with E-state index in [4.69, 9.17) is 9.57 Å². The molecule has 0 aliphatic heterocycles. The molecule has 2 aromatic rings. The van der Waals surface area contributed by atoms with Crippen LogP contribution in [-0.4, -0.2) is 55.7 Å². The zero-order chi connectivity index (χ0) is 21.0. The van der Waals surface area contributed by atoms with Gasteiger partial charge in [-0.3, -0.25) is 9.59 Å². The quantitative estimate of drug-likeness (QED) is 0.375. The van der Waals surface area contributed by atoms with E-state index in [1.54, 1.807) is 25.0 Å². The van der Waals surface area contributed by atoms with Crippen LogP contribution in [0.4, 0.5) is 0 Å². The number of ketones is 1. The number of rotatable bonds is 9. The van der Waals surface area contributed by atoms with Gasteiger partial charge in [-0.1, -0.05) is 32.0 Å². The maximum Gasteiger partial charge on any atom is 0.317 e. The number of carbonyl (C=O) groups excluding carboxylic acids is 2. The van der Waals surface area contributed by atoms with Gasteiger partial charge in [-0.15, -0.1) is 0 Å². The summed E-state index contributed by atoms with van der Waals surface area (Å²) in [7, 11) is 5.53. The van der Waals surface area contributed by atoms with Crippen LogP contribution in [0.3, 0.4) is 0 Å². The number of fused-ring (bicyclic) bond motifs is 1. The summed E-state index contributed by atoms with van der Waals surface area (Å²) in [5.41, 5.74) is 2.33. The number of ether oxygens (including phenoxy) is 1. The number of esters is 1. The lowest BCUT2D eigenvalue weighted by Crippen LogP contribution is -2.37. The number of para-hydroxylation sites is 1. The van der Waals surface area contributed by atoms with Crippen molar-refractivity contribution < 1.29 is 19.2 Å². The van der Waals surface area contributed by atoms with Crippen LogP contribution in [0.5, 0.6) is 0 Å². The van der Waals surface area contributed by atoms with Gasteiger partial charge in [-0.25, -0.2) is 0 Å². The Morgan fingerprint density at radius 2 is 1.89 bits per heavy atom. The van der Waals surface area contributed by atoms with Crippen LogP contribution in [-0.2, 0) is 9.53 Å². The second kappa shape index (κ2) is 9.24. The molecule has 0 bridgehead atoms. The summed E-state index contributed by atoms with van der Waals surface area (Å²) in [4.78, 5) is 33.8. The van der Waals surface area contributed by atoms with Gasteiger partial charge in [0.2, 0.25) is 0 Å². The van der Waals surface area contributed by atoms with Gasteiger partial charge in [0.1, 0.15) is 13.0 Å². The zero-order valence-corrected chi connectivity index (χ0v) is 18.0. The fourth-order valence-corrected chi connectivity index (χ4v) is 3.79. The number of benzene rings is 1. The number of aryl methyl sites for hydroxylation is 1. The molecule has 0 amide bonds. The standard InChI is InChI=1S/C22H32N2O4/c1-8-28-22(26)19(16(4)15(3)12-23(5)6)21(25)18-13-24(27-7)20-14(2)10-9-11-17(18)20/h9-11,13,15-16,19H,8,12H2,1-7H3. The molecule has 28 heavy (non-hydrogen) atoms. The van der Waals surface area contributed by atoms with Crippen molar-refractivity contribution in [3.8, 4) is 0 Å². The number of hydrogen-bond donors (Lipinski definition) is 0. The van der Waals surface area contributed by atoms with Crippen LogP contribution in [0.2, 0.25) is 0 Å². The van der Waals surface area contributed by atoms with Crippen molar-refractivity contribution in [2.24, 2.45) is 17.8 Å². The Balaban J connectivity index is 2.52. The van der Waals surface area contributed by atoms with Gasteiger partial charge in [-0.05, 0) is 45.3 Å². The van der Waals surface area contributed by atoms with E-state index >= 15 is 0 Å². The molecule has 0 saturated carbocycles. The molecule has 0 fully saturated rings. The molecule has 0 radical (unpaired) electrons. The van der Waals surface area contributed by atoms with E-state index in [0.29, 0.717) is 5.56 Å². The molecule has 1 aromatic heterocycles. The maximum absolute atomic E-state index is 13.6. The molecule has 6 heteroatoms. The lowest BCUT2D eigenvalue weighted by atomic mass is 9.79. The molecule has 0 saturated heterocycles. The van der Waals surface area contributed by atoms with E-state index in [1.807, 2.05) is 46.1 Å². The van der Waals surface area contributed by atoms with Crippen molar-refractivity contribution in [3.05, 3.63) is 35.5 Å². The van der Waals surface area contributed by atoms with Crippen molar-refractivity contribution in [3.63, 3.8) is 0 Å². The van der Waals surface area contributed by atoms with Gasteiger partial charge in [-0.2, -0.15) is 4.73 Å². The molecule has 154 valence electrons. The maximum atomic E-state index is 13.6. The average Bonchev–Trinajstić information content (AvgIpc) is 3.01. The predicted molar refractivity (Wildman–Crippen MR) is 111 cm³/mol. The molecule has 2 rings (SSSR count). The summed E-state index contributed by atoms with van der Waals surface area (Å²) in [5, 5.41) is 0.786. The summed E-state index contributed by atoms with van der Waals surface area (Å²) in [5.74, 6) is -1.56. The van der Waals surface area contributed by atoms with Crippen LogP contribution in [0.25, 0.3) is 10.9 Å². The lowest BCUT2D eigenvalue weighted by molar-refractivity contribution is -0.148. The lowest BCUT2D eigenvalue weighted by Gasteiger charge is -2.28. The van der Waals surface area contributed by atoms with Crippen LogP contribution in [0, 0.1) is 24.7 Å². The van der Waals surface area contributed by atoms with E-state index in [1.165, 1.54) is 0 Å². The molecule has 1 aromatic carbocycles. The van der Waals surface area contributed by atoms with Gasteiger partial charge in [0.15, 0.2) is 5.78 Å². The Kier molecular flexibility index (Phi) is 7.24. The third-order valence-electron chi connectivity index (χ3n) is 5.36. The smallest absolute Gasteiger partial charge is 0.317 e. The summed E-state index contributed by atoms with van der Waals surface area (Å²) >= 11 is 0. The molecule has 6 nitrogen and oxygen atoms in total. The van der Waals surface area contributed by atoms with Crippen LogP contribution < -0.4 is 4.84 Å². The van der Waals surface area contributed by atoms with E-state index in [9.17, 15) is 9.59 Å². The van der Waals surface area contributed by atoms with E-state index in [2.05, 4.69) is 11.8 Å². The fraction of sp³-hybridized carbons (Fsp3) is 0.545. The highest BCUT2D eigenvalue weighted by molar-refractivity contribution is 6.15. The second-order valence-corrected chi connectivity index (χ2v) is 7.71. The largest absolute Gasteiger partial charge is 0.465 e. The minimum Gasteiger partial charge on any atom is -0.465 e. The molecule has 3 unspecified atom stereocenters. The average molecular weight is 389 g/mol. The molecular weight excluding hydrogens is 356 g/mol. The van der Waals surface area contributed by atoms with Crippen molar-refractivity contribution >= 4 is 22.7 Å². The van der Waals surface area contributed by atoms with Crippen molar-refractivity contribution in [2.45, 2.75) is 27.7 Å². The SMILES string of the molecule is CCOC(=O)C(C(=O)c1cn(OC)c2c(C)cccc12)C(C)C(C)CN(C)C. The highest BCUT2D eigenvalue weighted by Gasteiger charge is 2.38. The molecule has 0 aliphatic carbocycles. The fourth-order valence-electron chi connectivity index (χ4n) is 3.79. The highest BCUT2D eigenvalue weighted by atomic mass is 16.6. The van der Waals surface area contributed by atoms with Crippen LogP contribution in [0.1, 0.15) is 36.7 Å². The Labute approximate surface area is 167 Å². The summed E-state index contributed by atoms with van der Waals surface area (Å²) in [6.07, 6.45) is 1.68. The summed E-state index contributed by atoms with van der Waals surface area (Å²) in [6, 6.07) is 5.77. The normalized spacial score (nSPS) is 14.7. The third-order valence-corrected chi connectivity index (χ3v) is 5.36. The minimum atomic E-state index is -0.855. The Morgan fingerprint density at radius 1 is 1.21 bits per heavy atom. The molecule has 0 spiro atoms. The summed E-state index contributed by atoms with van der Waals surface area (Å²) < 4.78 is 6.87. The first-order valence-electron chi connectivity index (χ1n) is 9.73. The summed E-state index contributed by atoms with van der Waals surface area (Å²) in [6.45, 7) is 8.77. The zero-order valence-electron chi connectivity index (χ0n) is 18.0. The van der Waals surface area contributed by atoms with Crippen LogP contribution in [0.15, 0.2) is 24.4 Å². The molecular formula is C22H32N2O4. The van der Waals surface area contributed by atoms with E-state index in [0.717, 1.165) is 23.0 Å². The van der Waals surface area contributed by atoms with Gasteiger partial charge < -0.3 is 14.5 Å². The van der Waals surface area contributed by atoms with Crippen LogP contribution >= 0.6 is 0 Å². The topological polar surface area (TPSA) is 60.8 Å². The number of aromatic nitrogens is 1. The molecule has 0 N–H and O–H groups in total. The van der Waals surface area contributed by atoms with Crippen molar-refractivity contribution in [1.82, 2.24) is 9.63 Å². The number of carbonyl (C=O) groups is 2. The number of Topliss-reactive ketones (excluding diaryl/α,β-unsaturated/α-hetero) is 1. The first-order valence-corrected chi connectivity index (χ1v) is 9.73. The number of nitrogens with zero attached hydrogens (tertiary/aromatic N) is 2. The Hall–Kier alpha value is -2.34. The predicted octanol–water partition coefficient (Wildman–Crippen LogP) is 3.20. The first kappa shape index (κ1) is 22.0. The molecule has 0 aliphatic rings. The Bertz CT molecular complexity index is 840. The third kappa shape index (κ3) is 4.38. The van der Waals surface area contributed by atoms with Gasteiger partial charge in [0, 0.05) is 17.5 Å². The second-order valence-electron chi connectivity index (χ2n) is 7.71. The van der Waals surface area contributed by atoms with Crippen molar-refractivity contribution in [1.29, 1.82) is 0 Å². The highest BCUT2D eigenvalue weighted by Crippen LogP contribution is 2.31. The van der Waals surface area contributed by atoms with E-state index < -0.39 is 11.9 Å². The first-order chi connectivity index (χ1) is 13.2. The van der Waals surface area contributed by atoms with Gasteiger partial charge in [0.25, 0.3) is 0 Å². The van der Waals surface area contributed by atoms with Gasteiger partial charge in [0.05, 0.1) is 18.3 Å². The Morgan fingerprint density at radius 3 is 2.46 bits per heavy atom. The number of hydrogen-bond acceptors (Lipinski definition) is 5. The molecule has 3 atom stereocenters. The minimum absolute atomic E-state index is 0.144.